The Hall–Kier alpha value is -2.02. The van der Waals surface area contributed by atoms with Gasteiger partial charge in [0.2, 0.25) is 0 Å². The minimum Gasteiger partial charge on any atom is -0.381 e. The van der Waals surface area contributed by atoms with Crippen molar-refractivity contribution in [3.05, 3.63) is 36.0 Å². The lowest BCUT2D eigenvalue weighted by Gasteiger charge is -2.18. The first-order valence-electron chi connectivity index (χ1n) is 6.74. The molecule has 2 N–H and O–H groups in total. The molecule has 0 amide bonds. The standard InChI is InChI=1S/C14H20N4O2S/c1-4-9-18-10-13(14(15)16-18)21(19,20)17(3)12-7-5-11(2)6-8-12/h5-8,10H,4,9H2,1-3H3,(H2,15,16). The molecule has 0 aliphatic carbocycles. The van der Waals surface area contributed by atoms with Crippen molar-refractivity contribution in [2.45, 2.75) is 31.7 Å². The first-order chi connectivity index (χ1) is 9.86. The van der Waals surface area contributed by atoms with Crippen molar-refractivity contribution in [2.24, 2.45) is 0 Å². The number of rotatable bonds is 5. The molecule has 0 saturated heterocycles. The van der Waals surface area contributed by atoms with Crippen LogP contribution in [-0.4, -0.2) is 25.2 Å². The second kappa shape index (κ2) is 5.77. The second-order valence-electron chi connectivity index (χ2n) is 4.95. The molecule has 0 aliphatic rings. The van der Waals surface area contributed by atoms with Crippen molar-refractivity contribution in [2.75, 3.05) is 17.1 Å². The Bertz CT molecular complexity index is 720. The molecule has 0 bridgehead atoms. The zero-order valence-corrected chi connectivity index (χ0v) is 13.3. The summed E-state index contributed by atoms with van der Waals surface area (Å²) >= 11 is 0. The zero-order chi connectivity index (χ0) is 15.6. The Labute approximate surface area is 125 Å². The molecule has 6 nitrogen and oxygen atoms in total. The Morgan fingerprint density at radius 3 is 2.48 bits per heavy atom. The molecular weight excluding hydrogens is 288 g/mol. The third-order valence-electron chi connectivity index (χ3n) is 3.24. The van der Waals surface area contributed by atoms with Crippen LogP contribution in [0.15, 0.2) is 35.4 Å². The maximum atomic E-state index is 12.6. The number of hydrogen-bond acceptors (Lipinski definition) is 4. The van der Waals surface area contributed by atoms with E-state index in [1.54, 1.807) is 16.8 Å². The van der Waals surface area contributed by atoms with Gasteiger partial charge in [-0.2, -0.15) is 5.10 Å². The normalized spacial score (nSPS) is 11.6. The predicted octanol–water partition coefficient (Wildman–Crippen LogP) is 2.01. The van der Waals surface area contributed by atoms with Crippen LogP contribution in [-0.2, 0) is 16.6 Å². The summed E-state index contributed by atoms with van der Waals surface area (Å²) in [6.45, 7) is 4.57. The van der Waals surface area contributed by atoms with Crippen LogP contribution in [0.1, 0.15) is 18.9 Å². The molecule has 0 radical (unpaired) electrons. The molecule has 0 spiro atoms. The van der Waals surface area contributed by atoms with Crippen molar-refractivity contribution in [1.82, 2.24) is 9.78 Å². The molecule has 114 valence electrons. The highest BCUT2D eigenvalue weighted by Crippen LogP contribution is 2.25. The molecule has 1 aromatic carbocycles. The van der Waals surface area contributed by atoms with Crippen molar-refractivity contribution >= 4 is 21.5 Å². The van der Waals surface area contributed by atoms with Crippen molar-refractivity contribution in [3.8, 4) is 0 Å². The third kappa shape index (κ3) is 3.02. The number of nitrogens with zero attached hydrogens (tertiary/aromatic N) is 3. The lowest BCUT2D eigenvalue weighted by atomic mass is 10.2. The van der Waals surface area contributed by atoms with Crippen LogP contribution in [0.4, 0.5) is 11.5 Å². The van der Waals surface area contributed by atoms with Gasteiger partial charge in [-0.3, -0.25) is 8.99 Å². The van der Waals surface area contributed by atoms with Crippen LogP contribution in [0.3, 0.4) is 0 Å². The summed E-state index contributed by atoms with van der Waals surface area (Å²) in [7, 11) is -2.20. The summed E-state index contributed by atoms with van der Waals surface area (Å²) in [6, 6.07) is 7.26. The fourth-order valence-corrected chi connectivity index (χ4v) is 3.26. The highest BCUT2D eigenvalue weighted by molar-refractivity contribution is 7.93. The lowest BCUT2D eigenvalue weighted by Crippen LogP contribution is -2.26. The second-order valence-corrected chi connectivity index (χ2v) is 6.89. The van der Waals surface area contributed by atoms with Crippen molar-refractivity contribution < 1.29 is 8.42 Å². The summed E-state index contributed by atoms with van der Waals surface area (Å²) < 4.78 is 28.1. The summed E-state index contributed by atoms with van der Waals surface area (Å²) in [5, 5.41) is 4.05. The first-order valence-corrected chi connectivity index (χ1v) is 8.18. The maximum absolute atomic E-state index is 12.6. The Morgan fingerprint density at radius 2 is 1.90 bits per heavy atom. The van der Waals surface area contributed by atoms with E-state index in [-0.39, 0.29) is 10.7 Å². The van der Waals surface area contributed by atoms with Crippen LogP contribution in [0, 0.1) is 6.92 Å². The van der Waals surface area contributed by atoms with Crippen LogP contribution in [0.5, 0.6) is 0 Å². The van der Waals surface area contributed by atoms with E-state index in [4.69, 9.17) is 5.73 Å². The zero-order valence-electron chi connectivity index (χ0n) is 12.4. The molecule has 0 unspecified atom stereocenters. The molecule has 7 heteroatoms. The number of hydrogen-bond donors (Lipinski definition) is 1. The summed E-state index contributed by atoms with van der Waals surface area (Å²) in [5.41, 5.74) is 7.42. The molecule has 1 aromatic heterocycles. The Balaban J connectivity index is 2.39. The van der Waals surface area contributed by atoms with Gasteiger partial charge in [-0.05, 0) is 25.5 Å². The van der Waals surface area contributed by atoms with Crippen LogP contribution >= 0.6 is 0 Å². The third-order valence-corrected chi connectivity index (χ3v) is 5.05. The molecule has 2 rings (SSSR count). The van der Waals surface area contributed by atoms with Gasteiger partial charge in [-0.25, -0.2) is 8.42 Å². The van der Waals surface area contributed by atoms with E-state index in [2.05, 4.69) is 5.10 Å². The maximum Gasteiger partial charge on any atom is 0.269 e. The van der Waals surface area contributed by atoms with E-state index >= 15 is 0 Å². The van der Waals surface area contributed by atoms with E-state index in [9.17, 15) is 8.42 Å². The molecule has 21 heavy (non-hydrogen) atoms. The lowest BCUT2D eigenvalue weighted by molar-refractivity contribution is 0.590. The van der Waals surface area contributed by atoms with Gasteiger partial charge in [0.05, 0.1) is 5.69 Å². The minimum atomic E-state index is -3.71. The van der Waals surface area contributed by atoms with E-state index in [1.807, 2.05) is 26.0 Å². The minimum absolute atomic E-state index is 0.0300. The van der Waals surface area contributed by atoms with Gasteiger partial charge in [-0.1, -0.05) is 24.6 Å². The summed E-state index contributed by atoms with van der Waals surface area (Å²) in [4.78, 5) is 0.0408. The van der Waals surface area contributed by atoms with E-state index in [0.717, 1.165) is 12.0 Å². The fraction of sp³-hybridized carbons (Fsp3) is 0.357. The molecule has 1 heterocycles. The predicted molar refractivity (Wildman–Crippen MR) is 83.7 cm³/mol. The molecule has 0 fully saturated rings. The van der Waals surface area contributed by atoms with Gasteiger partial charge in [0, 0.05) is 19.8 Å². The summed E-state index contributed by atoms with van der Waals surface area (Å²) in [5.74, 6) is 0.0300. The SMILES string of the molecule is CCCn1cc(S(=O)(=O)N(C)c2ccc(C)cc2)c(N)n1. The number of benzene rings is 1. The van der Waals surface area contributed by atoms with Crippen molar-refractivity contribution in [1.29, 1.82) is 0 Å². The van der Waals surface area contributed by atoms with E-state index < -0.39 is 10.0 Å². The van der Waals surface area contributed by atoms with E-state index in [1.165, 1.54) is 17.5 Å². The number of aromatic nitrogens is 2. The summed E-state index contributed by atoms with van der Waals surface area (Å²) in [6.07, 6.45) is 2.34. The molecule has 2 aromatic rings. The average molecular weight is 308 g/mol. The Morgan fingerprint density at radius 1 is 1.29 bits per heavy atom. The highest BCUT2D eigenvalue weighted by atomic mass is 32.2. The molecule has 0 saturated carbocycles. The van der Waals surface area contributed by atoms with Crippen LogP contribution in [0.25, 0.3) is 0 Å². The smallest absolute Gasteiger partial charge is 0.269 e. The number of nitrogens with two attached hydrogens (primary N) is 1. The van der Waals surface area contributed by atoms with Gasteiger partial charge in [0.1, 0.15) is 4.90 Å². The monoisotopic (exact) mass is 308 g/mol. The van der Waals surface area contributed by atoms with Gasteiger partial charge in [-0.15, -0.1) is 0 Å². The Kier molecular flexibility index (Phi) is 4.22. The number of anilines is 2. The number of nitrogen functional groups attached to an aromatic ring is 1. The van der Waals surface area contributed by atoms with Gasteiger partial charge >= 0.3 is 0 Å². The van der Waals surface area contributed by atoms with Gasteiger partial charge in [0.15, 0.2) is 5.82 Å². The highest BCUT2D eigenvalue weighted by Gasteiger charge is 2.26. The topological polar surface area (TPSA) is 81.2 Å². The van der Waals surface area contributed by atoms with Crippen LogP contribution in [0.2, 0.25) is 0 Å². The van der Waals surface area contributed by atoms with E-state index in [0.29, 0.717) is 12.2 Å². The number of aryl methyl sites for hydroxylation is 2. The van der Waals surface area contributed by atoms with Crippen molar-refractivity contribution in [3.63, 3.8) is 0 Å². The fourth-order valence-electron chi connectivity index (χ4n) is 2.00. The average Bonchev–Trinajstić information content (AvgIpc) is 2.81. The van der Waals surface area contributed by atoms with Gasteiger partial charge in [0.25, 0.3) is 10.0 Å². The first kappa shape index (κ1) is 15.4. The van der Waals surface area contributed by atoms with Crippen LogP contribution < -0.4 is 10.0 Å². The van der Waals surface area contributed by atoms with Gasteiger partial charge < -0.3 is 5.73 Å². The largest absolute Gasteiger partial charge is 0.381 e. The molecule has 0 aliphatic heterocycles. The molecule has 0 atom stereocenters. The quantitative estimate of drug-likeness (QED) is 0.916. The molecular formula is C14H20N4O2S. The number of sulfonamides is 1.